The predicted molar refractivity (Wildman–Crippen MR) is 61.2 cm³/mol. The van der Waals surface area contributed by atoms with E-state index >= 15 is 0 Å². The third-order valence-electron chi connectivity index (χ3n) is 3.08. The molecule has 2 amide bonds. The van der Waals surface area contributed by atoms with E-state index in [1.165, 1.54) is 4.90 Å². The van der Waals surface area contributed by atoms with Crippen molar-refractivity contribution >= 4 is 17.8 Å². The van der Waals surface area contributed by atoms with Gasteiger partial charge in [-0.1, -0.05) is 6.92 Å². The second-order valence-electron chi connectivity index (χ2n) is 4.62. The van der Waals surface area contributed by atoms with E-state index < -0.39 is 5.97 Å². The maximum Gasteiger partial charge on any atom is 0.303 e. The van der Waals surface area contributed by atoms with Gasteiger partial charge in [0.15, 0.2) is 0 Å². The standard InChI is InChI=1S/C12H19NO4/c1-9(5-6-12(16)17)7-8-13-10(14)3-2-4-11(13)15/h9H,2-8H2,1H3,(H,16,17). The minimum absolute atomic E-state index is 0.0910. The summed E-state index contributed by atoms with van der Waals surface area (Å²) in [5.74, 6) is -0.769. The van der Waals surface area contributed by atoms with Crippen molar-refractivity contribution in [2.45, 2.75) is 45.4 Å². The lowest BCUT2D eigenvalue weighted by Crippen LogP contribution is -2.41. The van der Waals surface area contributed by atoms with Crippen LogP contribution in [0.5, 0.6) is 0 Å². The van der Waals surface area contributed by atoms with Gasteiger partial charge in [0.05, 0.1) is 0 Å². The number of rotatable bonds is 6. The Hall–Kier alpha value is -1.39. The lowest BCUT2D eigenvalue weighted by atomic mass is 10.0. The number of likely N-dealkylation sites (tertiary alicyclic amines) is 1. The smallest absolute Gasteiger partial charge is 0.303 e. The average Bonchev–Trinajstić information content (AvgIpc) is 2.25. The van der Waals surface area contributed by atoms with Crippen LogP contribution in [0.25, 0.3) is 0 Å². The Kier molecular flexibility index (Phi) is 5.12. The van der Waals surface area contributed by atoms with Crippen molar-refractivity contribution in [3.8, 4) is 0 Å². The lowest BCUT2D eigenvalue weighted by molar-refractivity contribution is -0.148. The van der Waals surface area contributed by atoms with E-state index in [0.717, 1.165) is 0 Å². The Labute approximate surface area is 101 Å². The quantitative estimate of drug-likeness (QED) is 0.713. The molecule has 1 aliphatic rings. The number of hydrogen-bond acceptors (Lipinski definition) is 3. The molecule has 0 aromatic carbocycles. The Balaban J connectivity index is 2.30. The first kappa shape index (κ1) is 13.7. The van der Waals surface area contributed by atoms with Crippen LogP contribution in [0.2, 0.25) is 0 Å². The fourth-order valence-electron chi connectivity index (χ4n) is 1.91. The highest BCUT2D eigenvalue weighted by Crippen LogP contribution is 2.16. The van der Waals surface area contributed by atoms with Gasteiger partial charge in [-0.15, -0.1) is 0 Å². The Morgan fingerprint density at radius 3 is 2.41 bits per heavy atom. The van der Waals surface area contributed by atoms with E-state index in [0.29, 0.717) is 38.6 Å². The largest absolute Gasteiger partial charge is 0.481 e. The molecule has 1 atom stereocenters. The van der Waals surface area contributed by atoms with Crippen LogP contribution in [-0.2, 0) is 14.4 Å². The van der Waals surface area contributed by atoms with Crippen LogP contribution in [-0.4, -0.2) is 34.3 Å². The summed E-state index contributed by atoms with van der Waals surface area (Å²) in [4.78, 5) is 34.7. The van der Waals surface area contributed by atoms with Crippen LogP contribution < -0.4 is 0 Å². The number of carbonyl (C=O) groups excluding carboxylic acids is 2. The van der Waals surface area contributed by atoms with Gasteiger partial charge in [-0.25, -0.2) is 0 Å². The number of piperidine rings is 1. The summed E-state index contributed by atoms with van der Waals surface area (Å²) in [7, 11) is 0. The molecule has 0 bridgehead atoms. The van der Waals surface area contributed by atoms with Crippen LogP contribution in [0.15, 0.2) is 0 Å². The van der Waals surface area contributed by atoms with Crippen molar-refractivity contribution in [2.75, 3.05) is 6.54 Å². The van der Waals surface area contributed by atoms with Crippen molar-refractivity contribution in [1.82, 2.24) is 4.90 Å². The molecule has 1 saturated heterocycles. The molecule has 0 spiro atoms. The first-order valence-electron chi connectivity index (χ1n) is 6.05. The van der Waals surface area contributed by atoms with Crippen LogP contribution in [0.3, 0.4) is 0 Å². The number of amides is 2. The van der Waals surface area contributed by atoms with Crippen LogP contribution in [0.4, 0.5) is 0 Å². The molecular weight excluding hydrogens is 222 g/mol. The fraction of sp³-hybridized carbons (Fsp3) is 0.750. The first-order valence-corrected chi connectivity index (χ1v) is 6.05. The minimum Gasteiger partial charge on any atom is -0.481 e. The molecule has 1 N–H and O–H groups in total. The molecule has 1 heterocycles. The second-order valence-corrected chi connectivity index (χ2v) is 4.62. The van der Waals surface area contributed by atoms with E-state index in [-0.39, 0.29) is 24.2 Å². The van der Waals surface area contributed by atoms with Crippen LogP contribution in [0.1, 0.15) is 45.4 Å². The van der Waals surface area contributed by atoms with E-state index in [2.05, 4.69) is 0 Å². The Bertz CT molecular complexity index is 298. The highest BCUT2D eigenvalue weighted by Gasteiger charge is 2.25. The Morgan fingerprint density at radius 1 is 1.29 bits per heavy atom. The monoisotopic (exact) mass is 241 g/mol. The van der Waals surface area contributed by atoms with Crippen molar-refractivity contribution < 1.29 is 19.5 Å². The zero-order valence-corrected chi connectivity index (χ0v) is 10.1. The van der Waals surface area contributed by atoms with Crippen molar-refractivity contribution in [2.24, 2.45) is 5.92 Å². The van der Waals surface area contributed by atoms with Crippen molar-refractivity contribution in [3.05, 3.63) is 0 Å². The molecule has 96 valence electrons. The molecule has 0 saturated carbocycles. The van der Waals surface area contributed by atoms with E-state index in [1.807, 2.05) is 6.92 Å². The van der Waals surface area contributed by atoms with Gasteiger partial charge < -0.3 is 5.11 Å². The number of hydrogen-bond donors (Lipinski definition) is 1. The normalized spacial score (nSPS) is 18.3. The zero-order valence-electron chi connectivity index (χ0n) is 10.1. The number of nitrogens with zero attached hydrogens (tertiary/aromatic N) is 1. The molecule has 0 radical (unpaired) electrons. The molecule has 5 heteroatoms. The van der Waals surface area contributed by atoms with Crippen molar-refractivity contribution in [3.63, 3.8) is 0 Å². The number of imide groups is 1. The maximum absolute atomic E-state index is 11.5. The SMILES string of the molecule is CC(CCC(=O)O)CCN1C(=O)CCCC1=O. The molecule has 0 aromatic rings. The summed E-state index contributed by atoms with van der Waals surface area (Å²) in [6, 6.07) is 0. The van der Waals surface area contributed by atoms with Gasteiger partial charge in [-0.3, -0.25) is 19.3 Å². The third-order valence-corrected chi connectivity index (χ3v) is 3.08. The highest BCUT2D eigenvalue weighted by atomic mass is 16.4. The van der Waals surface area contributed by atoms with Crippen LogP contribution >= 0.6 is 0 Å². The topological polar surface area (TPSA) is 74.7 Å². The first-order chi connectivity index (χ1) is 8.00. The highest BCUT2D eigenvalue weighted by molar-refractivity contribution is 5.97. The summed E-state index contributed by atoms with van der Waals surface area (Å²) in [5, 5.41) is 8.54. The van der Waals surface area contributed by atoms with E-state index in [9.17, 15) is 14.4 Å². The molecule has 1 fully saturated rings. The zero-order chi connectivity index (χ0) is 12.8. The van der Waals surface area contributed by atoms with Gasteiger partial charge in [0.1, 0.15) is 0 Å². The molecule has 1 rings (SSSR count). The number of carbonyl (C=O) groups is 3. The molecule has 1 aliphatic heterocycles. The molecular formula is C12H19NO4. The van der Waals surface area contributed by atoms with Gasteiger partial charge >= 0.3 is 5.97 Å². The van der Waals surface area contributed by atoms with Crippen LogP contribution in [0, 0.1) is 5.92 Å². The van der Waals surface area contributed by atoms with E-state index in [4.69, 9.17) is 5.11 Å². The number of carboxylic acid groups (broad SMARTS) is 1. The average molecular weight is 241 g/mol. The van der Waals surface area contributed by atoms with Gasteiger partial charge in [0.2, 0.25) is 11.8 Å². The van der Waals surface area contributed by atoms with Gasteiger partial charge in [-0.05, 0) is 25.2 Å². The third kappa shape index (κ3) is 4.54. The molecule has 0 aliphatic carbocycles. The second kappa shape index (κ2) is 6.37. The summed E-state index contributed by atoms with van der Waals surface area (Å²) in [6.07, 6.45) is 2.98. The lowest BCUT2D eigenvalue weighted by Gasteiger charge is -2.25. The fourth-order valence-corrected chi connectivity index (χ4v) is 1.91. The summed E-state index contributed by atoms with van der Waals surface area (Å²) >= 11 is 0. The predicted octanol–water partition coefficient (Wildman–Crippen LogP) is 1.42. The summed E-state index contributed by atoms with van der Waals surface area (Å²) in [5.41, 5.74) is 0. The molecule has 0 aromatic heterocycles. The number of aliphatic carboxylic acids is 1. The Morgan fingerprint density at radius 2 is 1.88 bits per heavy atom. The number of carboxylic acids is 1. The van der Waals surface area contributed by atoms with Gasteiger partial charge in [-0.2, -0.15) is 0 Å². The molecule has 1 unspecified atom stereocenters. The summed E-state index contributed by atoms with van der Waals surface area (Å²) < 4.78 is 0. The molecule has 17 heavy (non-hydrogen) atoms. The van der Waals surface area contributed by atoms with Gasteiger partial charge in [0.25, 0.3) is 0 Å². The maximum atomic E-state index is 11.5. The van der Waals surface area contributed by atoms with Gasteiger partial charge in [0, 0.05) is 25.8 Å². The van der Waals surface area contributed by atoms with E-state index in [1.54, 1.807) is 0 Å². The van der Waals surface area contributed by atoms with Crippen molar-refractivity contribution in [1.29, 1.82) is 0 Å². The molecule has 5 nitrogen and oxygen atoms in total. The summed E-state index contributed by atoms with van der Waals surface area (Å²) in [6.45, 7) is 2.38. The minimum atomic E-state index is -0.804.